The molecule has 1 aromatic carbocycles. The van der Waals surface area contributed by atoms with Crippen LogP contribution in [0.2, 0.25) is 10.0 Å². The number of hydrogen-bond acceptors (Lipinski definition) is 3. The quantitative estimate of drug-likeness (QED) is 0.833. The van der Waals surface area contributed by atoms with E-state index in [2.05, 4.69) is 17.2 Å². The fourth-order valence-corrected chi connectivity index (χ4v) is 3.34. The second-order valence-electron chi connectivity index (χ2n) is 6.22. The molecular formula is C18H19Cl2N3O. The van der Waals surface area contributed by atoms with Crippen LogP contribution in [-0.4, -0.2) is 28.9 Å². The number of aromatic nitrogens is 1. The Labute approximate surface area is 151 Å². The summed E-state index contributed by atoms with van der Waals surface area (Å²) in [6.45, 7) is 3.84. The van der Waals surface area contributed by atoms with E-state index in [1.807, 2.05) is 11.0 Å². The molecule has 1 fully saturated rings. The van der Waals surface area contributed by atoms with Gasteiger partial charge in [0, 0.05) is 35.0 Å². The summed E-state index contributed by atoms with van der Waals surface area (Å²) >= 11 is 12.0. The van der Waals surface area contributed by atoms with Gasteiger partial charge in [0.15, 0.2) is 0 Å². The fraction of sp³-hybridized carbons (Fsp3) is 0.333. The normalized spacial score (nSPS) is 15.4. The maximum Gasteiger partial charge on any atom is 0.255 e. The highest BCUT2D eigenvalue weighted by Gasteiger charge is 2.21. The van der Waals surface area contributed by atoms with Crippen LogP contribution in [0.4, 0.5) is 11.4 Å². The molecule has 0 radical (unpaired) electrons. The Balaban J connectivity index is 1.75. The van der Waals surface area contributed by atoms with Gasteiger partial charge < -0.3 is 10.2 Å². The Bertz CT molecular complexity index is 723. The second-order valence-corrected chi connectivity index (χ2v) is 7.09. The van der Waals surface area contributed by atoms with Crippen molar-refractivity contribution in [3.63, 3.8) is 0 Å². The van der Waals surface area contributed by atoms with E-state index in [1.165, 1.54) is 0 Å². The number of benzene rings is 1. The van der Waals surface area contributed by atoms with Crippen molar-refractivity contribution in [3.8, 4) is 0 Å². The summed E-state index contributed by atoms with van der Waals surface area (Å²) in [5.74, 6) is 0.718. The number of likely N-dealkylation sites (tertiary alicyclic amines) is 1. The first-order valence-corrected chi connectivity index (χ1v) is 8.74. The Hall–Kier alpha value is -1.78. The zero-order valence-electron chi connectivity index (χ0n) is 13.4. The lowest BCUT2D eigenvalue weighted by Gasteiger charge is -2.30. The molecule has 0 atom stereocenters. The summed E-state index contributed by atoms with van der Waals surface area (Å²) in [4.78, 5) is 18.7. The Morgan fingerprint density at radius 3 is 2.42 bits per heavy atom. The lowest BCUT2D eigenvalue weighted by atomic mass is 9.99. The number of anilines is 2. The number of rotatable bonds is 3. The molecular weight excluding hydrogens is 345 g/mol. The van der Waals surface area contributed by atoms with E-state index in [4.69, 9.17) is 23.2 Å². The number of carbonyl (C=O) groups excluding carboxylic acids is 1. The maximum atomic E-state index is 12.6. The van der Waals surface area contributed by atoms with E-state index in [0.29, 0.717) is 21.5 Å². The molecule has 1 aliphatic rings. The van der Waals surface area contributed by atoms with Crippen molar-refractivity contribution in [1.82, 2.24) is 9.88 Å². The SMILES string of the molecule is CC1CCN(C(=O)c2cncc(Nc3cc(Cl)cc(Cl)c3)c2)CC1. The molecule has 1 saturated heterocycles. The van der Waals surface area contributed by atoms with Crippen LogP contribution in [0.25, 0.3) is 0 Å². The van der Waals surface area contributed by atoms with Crippen molar-refractivity contribution < 1.29 is 4.79 Å². The molecule has 0 spiro atoms. The average molecular weight is 364 g/mol. The predicted octanol–water partition coefficient (Wildman–Crippen LogP) is 5.00. The zero-order valence-corrected chi connectivity index (χ0v) is 14.9. The number of nitrogens with one attached hydrogen (secondary N) is 1. The smallest absolute Gasteiger partial charge is 0.255 e. The van der Waals surface area contributed by atoms with Gasteiger partial charge in [0.05, 0.1) is 17.4 Å². The Morgan fingerprint density at radius 2 is 1.75 bits per heavy atom. The van der Waals surface area contributed by atoms with Crippen LogP contribution in [0.5, 0.6) is 0 Å². The monoisotopic (exact) mass is 363 g/mol. The van der Waals surface area contributed by atoms with E-state index in [0.717, 1.165) is 37.3 Å². The number of hydrogen-bond donors (Lipinski definition) is 1. The second kappa shape index (κ2) is 7.41. The van der Waals surface area contributed by atoms with Crippen LogP contribution in [0.15, 0.2) is 36.7 Å². The summed E-state index contributed by atoms with van der Waals surface area (Å²) in [5.41, 5.74) is 2.07. The highest BCUT2D eigenvalue weighted by Crippen LogP contribution is 2.26. The molecule has 0 aliphatic carbocycles. The van der Waals surface area contributed by atoms with Gasteiger partial charge in [-0.25, -0.2) is 0 Å². The van der Waals surface area contributed by atoms with Crippen LogP contribution in [0.1, 0.15) is 30.1 Å². The van der Waals surface area contributed by atoms with E-state index >= 15 is 0 Å². The number of nitrogens with zero attached hydrogens (tertiary/aromatic N) is 2. The lowest BCUT2D eigenvalue weighted by Crippen LogP contribution is -2.37. The maximum absolute atomic E-state index is 12.6. The van der Waals surface area contributed by atoms with Crippen molar-refractivity contribution in [3.05, 3.63) is 52.3 Å². The van der Waals surface area contributed by atoms with Crippen molar-refractivity contribution in [2.45, 2.75) is 19.8 Å². The summed E-state index contributed by atoms with van der Waals surface area (Å²) in [6.07, 6.45) is 5.39. The van der Waals surface area contributed by atoms with Crippen molar-refractivity contribution >= 4 is 40.5 Å². The molecule has 2 aromatic rings. The van der Waals surface area contributed by atoms with Gasteiger partial charge in [-0.05, 0) is 43.0 Å². The fourth-order valence-electron chi connectivity index (χ4n) is 2.81. The van der Waals surface area contributed by atoms with Crippen LogP contribution in [0.3, 0.4) is 0 Å². The van der Waals surface area contributed by atoms with E-state index in [-0.39, 0.29) is 5.91 Å². The third-order valence-corrected chi connectivity index (χ3v) is 4.64. The van der Waals surface area contributed by atoms with Crippen molar-refractivity contribution in [2.24, 2.45) is 5.92 Å². The average Bonchev–Trinajstić information content (AvgIpc) is 2.54. The molecule has 0 unspecified atom stereocenters. The summed E-state index contributed by atoms with van der Waals surface area (Å²) in [6, 6.07) is 7.02. The highest BCUT2D eigenvalue weighted by atomic mass is 35.5. The number of amides is 1. The standard InChI is InChI=1S/C18H19Cl2N3O/c1-12-2-4-23(5-3-12)18(24)13-6-17(11-21-10-13)22-16-8-14(19)7-15(20)9-16/h6-12,22H,2-5H2,1H3. The number of halogens is 2. The van der Waals surface area contributed by atoms with E-state index in [9.17, 15) is 4.79 Å². The topological polar surface area (TPSA) is 45.2 Å². The minimum atomic E-state index is 0.0298. The largest absolute Gasteiger partial charge is 0.354 e. The van der Waals surface area contributed by atoms with Gasteiger partial charge in [-0.2, -0.15) is 0 Å². The van der Waals surface area contributed by atoms with Gasteiger partial charge >= 0.3 is 0 Å². The molecule has 2 heterocycles. The highest BCUT2D eigenvalue weighted by molar-refractivity contribution is 6.35. The van der Waals surface area contributed by atoms with Gasteiger partial charge in [-0.3, -0.25) is 9.78 Å². The molecule has 0 bridgehead atoms. The van der Waals surface area contributed by atoms with Crippen molar-refractivity contribution in [2.75, 3.05) is 18.4 Å². The van der Waals surface area contributed by atoms with Gasteiger partial charge in [0.25, 0.3) is 5.91 Å². The molecule has 4 nitrogen and oxygen atoms in total. The number of pyridine rings is 1. The van der Waals surface area contributed by atoms with Gasteiger partial charge in [-0.1, -0.05) is 30.1 Å². The Kier molecular flexibility index (Phi) is 5.27. The molecule has 1 N–H and O–H groups in total. The zero-order chi connectivity index (χ0) is 17.1. The van der Waals surface area contributed by atoms with Crippen molar-refractivity contribution in [1.29, 1.82) is 0 Å². The molecule has 1 aromatic heterocycles. The molecule has 6 heteroatoms. The molecule has 24 heavy (non-hydrogen) atoms. The van der Waals surface area contributed by atoms with E-state index in [1.54, 1.807) is 30.6 Å². The molecule has 126 valence electrons. The van der Waals surface area contributed by atoms with Gasteiger partial charge in [0.1, 0.15) is 0 Å². The third kappa shape index (κ3) is 4.19. The number of carbonyl (C=O) groups is 1. The van der Waals surface area contributed by atoms with Crippen LogP contribution in [0, 0.1) is 5.92 Å². The van der Waals surface area contributed by atoms with Crippen LogP contribution >= 0.6 is 23.2 Å². The van der Waals surface area contributed by atoms with Crippen LogP contribution < -0.4 is 5.32 Å². The summed E-state index contributed by atoms with van der Waals surface area (Å²) in [5, 5.41) is 4.29. The molecule has 1 amide bonds. The first kappa shape index (κ1) is 17.1. The van der Waals surface area contributed by atoms with Gasteiger partial charge in [0.2, 0.25) is 0 Å². The first-order valence-electron chi connectivity index (χ1n) is 7.99. The molecule has 3 rings (SSSR count). The Morgan fingerprint density at radius 1 is 1.08 bits per heavy atom. The molecule has 1 aliphatic heterocycles. The third-order valence-electron chi connectivity index (χ3n) is 4.21. The minimum Gasteiger partial charge on any atom is -0.354 e. The van der Waals surface area contributed by atoms with Gasteiger partial charge in [-0.15, -0.1) is 0 Å². The number of piperidine rings is 1. The summed E-state index contributed by atoms with van der Waals surface area (Å²) < 4.78 is 0. The predicted molar refractivity (Wildman–Crippen MR) is 98.3 cm³/mol. The summed E-state index contributed by atoms with van der Waals surface area (Å²) in [7, 11) is 0. The lowest BCUT2D eigenvalue weighted by molar-refractivity contribution is 0.0697. The first-order chi connectivity index (χ1) is 11.5. The molecule has 0 saturated carbocycles. The minimum absolute atomic E-state index is 0.0298. The van der Waals surface area contributed by atoms with Crippen LogP contribution in [-0.2, 0) is 0 Å². The van der Waals surface area contributed by atoms with E-state index < -0.39 is 0 Å².